The first kappa shape index (κ1) is 14.1. The second kappa shape index (κ2) is 6.74. The lowest BCUT2D eigenvalue weighted by Crippen LogP contribution is -2.33. The number of nitrogens with one attached hydrogen (secondary N) is 1. The molecule has 2 aromatic rings. The summed E-state index contributed by atoms with van der Waals surface area (Å²) in [7, 11) is 0. The summed E-state index contributed by atoms with van der Waals surface area (Å²) in [6.07, 6.45) is 9.86. The molecule has 1 aliphatic rings. The summed E-state index contributed by atoms with van der Waals surface area (Å²) in [4.78, 5) is 2.50. The summed E-state index contributed by atoms with van der Waals surface area (Å²) >= 11 is 0. The highest BCUT2D eigenvalue weighted by molar-refractivity contribution is 5.17. The minimum atomic E-state index is 0.317. The van der Waals surface area contributed by atoms with Crippen molar-refractivity contribution < 1.29 is 4.42 Å². The maximum atomic E-state index is 5.62. The largest absolute Gasteiger partial charge is 0.468 e. The predicted molar refractivity (Wildman–Crippen MR) is 82.6 cm³/mol. The average Bonchev–Trinajstić information content (AvgIpc) is 3.24. The van der Waals surface area contributed by atoms with Gasteiger partial charge < -0.3 is 9.73 Å². The molecule has 5 heteroatoms. The maximum Gasteiger partial charge on any atom is 0.122 e. The van der Waals surface area contributed by atoms with Crippen LogP contribution >= 0.6 is 0 Å². The highest BCUT2D eigenvalue weighted by Crippen LogP contribution is 2.24. The molecule has 5 nitrogen and oxygen atoms in total. The summed E-state index contributed by atoms with van der Waals surface area (Å²) in [5, 5.41) is 7.70. The Kier molecular flexibility index (Phi) is 4.52. The van der Waals surface area contributed by atoms with Gasteiger partial charge in [0, 0.05) is 31.0 Å². The summed E-state index contributed by atoms with van der Waals surface area (Å²) in [5.74, 6) is 1.05. The van der Waals surface area contributed by atoms with Crippen molar-refractivity contribution in [1.29, 1.82) is 0 Å². The van der Waals surface area contributed by atoms with Crippen molar-refractivity contribution in [2.45, 2.75) is 25.4 Å². The van der Waals surface area contributed by atoms with Crippen LogP contribution in [0.1, 0.15) is 30.2 Å². The molecule has 0 amide bonds. The smallest absolute Gasteiger partial charge is 0.122 e. The molecule has 3 rings (SSSR count). The van der Waals surface area contributed by atoms with Crippen molar-refractivity contribution in [2.24, 2.45) is 0 Å². The van der Waals surface area contributed by atoms with Crippen LogP contribution in [0.25, 0.3) is 6.20 Å². The second-order valence-corrected chi connectivity index (χ2v) is 5.42. The van der Waals surface area contributed by atoms with E-state index in [9.17, 15) is 0 Å². The van der Waals surface area contributed by atoms with E-state index in [1.165, 1.54) is 12.8 Å². The van der Waals surface area contributed by atoms with Gasteiger partial charge in [-0.2, -0.15) is 5.10 Å². The Morgan fingerprint density at radius 3 is 2.95 bits per heavy atom. The summed E-state index contributed by atoms with van der Waals surface area (Å²) in [5.41, 5.74) is 1.16. The number of hydrogen-bond acceptors (Lipinski definition) is 4. The quantitative estimate of drug-likeness (QED) is 0.849. The molecule has 112 valence electrons. The molecule has 2 aromatic heterocycles. The lowest BCUT2D eigenvalue weighted by atomic mass is 10.2. The third-order valence-corrected chi connectivity index (χ3v) is 3.96. The van der Waals surface area contributed by atoms with Crippen LogP contribution in [0.4, 0.5) is 0 Å². The first-order valence-electron chi connectivity index (χ1n) is 7.50. The van der Waals surface area contributed by atoms with Gasteiger partial charge in [0.2, 0.25) is 0 Å². The predicted octanol–water partition coefficient (Wildman–Crippen LogP) is 2.50. The van der Waals surface area contributed by atoms with Crippen molar-refractivity contribution in [3.05, 3.63) is 48.7 Å². The molecule has 0 bridgehead atoms. The van der Waals surface area contributed by atoms with E-state index < -0.39 is 0 Å². The lowest BCUT2D eigenvalue weighted by molar-refractivity contribution is 0.209. The summed E-state index contributed by atoms with van der Waals surface area (Å²) in [6, 6.07) is 4.35. The van der Waals surface area contributed by atoms with Crippen LogP contribution < -0.4 is 5.32 Å². The first-order valence-corrected chi connectivity index (χ1v) is 7.50. The zero-order valence-corrected chi connectivity index (χ0v) is 12.2. The van der Waals surface area contributed by atoms with E-state index in [1.807, 2.05) is 18.5 Å². The number of furan rings is 1. The zero-order valence-electron chi connectivity index (χ0n) is 12.2. The minimum Gasteiger partial charge on any atom is -0.468 e. The Balaban J connectivity index is 1.58. The minimum absolute atomic E-state index is 0.317. The third kappa shape index (κ3) is 3.43. The van der Waals surface area contributed by atoms with Gasteiger partial charge in [-0.3, -0.25) is 4.90 Å². The number of aromatic nitrogens is 2. The highest BCUT2D eigenvalue weighted by Gasteiger charge is 2.25. The van der Waals surface area contributed by atoms with Crippen molar-refractivity contribution in [3.63, 3.8) is 0 Å². The molecule has 1 unspecified atom stereocenters. The van der Waals surface area contributed by atoms with Gasteiger partial charge in [-0.05, 0) is 38.1 Å². The monoisotopic (exact) mass is 286 g/mol. The average molecular weight is 286 g/mol. The molecule has 1 aliphatic heterocycles. The van der Waals surface area contributed by atoms with Crippen LogP contribution in [-0.2, 0) is 6.54 Å². The number of nitrogens with zero attached hydrogens (tertiary/aromatic N) is 3. The molecule has 0 spiro atoms. The summed E-state index contributed by atoms with van der Waals surface area (Å²) < 4.78 is 7.34. The summed E-state index contributed by atoms with van der Waals surface area (Å²) in [6.45, 7) is 7.69. The van der Waals surface area contributed by atoms with Crippen LogP contribution in [0.2, 0.25) is 0 Å². The second-order valence-electron chi connectivity index (χ2n) is 5.42. The molecule has 1 N–H and O–H groups in total. The van der Waals surface area contributed by atoms with E-state index in [4.69, 9.17) is 4.42 Å². The molecule has 0 aromatic carbocycles. The van der Waals surface area contributed by atoms with E-state index in [-0.39, 0.29) is 0 Å². The standard InChI is InChI=1S/C16H22N4O/c1-2-20-13-14(11-18-20)10-17-12-15(16-6-5-9-21-16)19-7-3-4-8-19/h2,5-6,9,11,13,15,17H,1,3-4,7-8,10,12H2. The van der Waals surface area contributed by atoms with E-state index in [0.29, 0.717) is 6.04 Å². The Morgan fingerprint density at radius 1 is 1.43 bits per heavy atom. The maximum absolute atomic E-state index is 5.62. The van der Waals surface area contributed by atoms with Crippen LogP contribution in [0.3, 0.4) is 0 Å². The van der Waals surface area contributed by atoms with Crippen LogP contribution in [0, 0.1) is 0 Å². The highest BCUT2D eigenvalue weighted by atomic mass is 16.3. The van der Waals surface area contributed by atoms with Gasteiger partial charge in [-0.1, -0.05) is 6.58 Å². The van der Waals surface area contributed by atoms with E-state index in [2.05, 4.69) is 28.0 Å². The van der Waals surface area contributed by atoms with Gasteiger partial charge in [0.25, 0.3) is 0 Å². The molecule has 1 saturated heterocycles. The molecule has 1 fully saturated rings. The topological polar surface area (TPSA) is 46.2 Å². The molecule has 0 saturated carbocycles. The van der Waals surface area contributed by atoms with Gasteiger partial charge in [0.05, 0.1) is 18.5 Å². The van der Waals surface area contributed by atoms with Crippen LogP contribution in [-0.4, -0.2) is 34.3 Å². The van der Waals surface area contributed by atoms with Crippen molar-refractivity contribution in [2.75, 3.05) is 19.6 Å². The third-order valence-electron chi connectivity index (χ3n) is 3.96. The van der Waals surface area contributed by atoms with E-state index >= 15 is 0 Å². The fourth-order valence-corrected chi connectivity index (χ4v) is 2.87. The number of rotatable bonds is 7. The van der Waals surface area contributed by atoms with Gasteiger partial charge in [0.1, 0.15) is 5.76 Å². The van der Waals surface area contributed by atoms with Crippen LogP contribution in [0.15, 0.2) is 41.8 Å². The first-order chi connectivity index (χ1) is 10.4. The van der Waals surface area contributed by atoms with E-state index in [1.54, 1.807) is 17.1 Å². The Hall–Kier alpha value is -1.85. The Labute approximate surface area is 125 Å². The SMILES string of the molecule is C=Cn1cc(CNCC(c2ccco2)N2CCCC2)cn1. The van der Waals surface area contributed by atoms with Gasteiger partial charge in [-0.25, -0.2) is 4.68 Å². The van der Waals surface area contributed by atoms with E-state index in [0.717, 1.165) is 37.5 Å². The van der Waals surface area contributed by atoms with Crippen molar-refractivity contribution in [3.8, 4) is 0 Å². The van der Waals surface area contributed by atoms with Crippen molar-refractivity contribution in [1.82, 2.24) is 20.0 Å². The molecule has 0 aliphatic carbocycles. The molecule has 3 heterocycles. The fourth-order valence-electron chi connectivity index (χ4n) is 2.87. The number of hydrogen-bond donors (Lipinski definition) is 1. The molecule has 1 atom stereocenters. The van der Waals surface area contributed by atoms with Gasteiger partial charge >= 0.3 is 0 Å². The van der Waals surface area contributed by atoms with Crippen LogP contribution in [0.5, 0.6) is 0 Å². The molecule has 21 heavy (non-hydrogen) atoms. The zero-order chi connectivity index (χ0) is 14.5. The normalized spacial score (nSPS) is 17.1. The molecule has 0 radical (unpaired) electrons. The van der Waals surface area contributed by atoms with Gasteiger partial charge in [-0.15, -0.1) is 0 Å². The lowest BCUT2D eigenvalue weighted by Gasteiger charge is -2.26. The molecular weight excluding hydrogens is 264 g/mol. The Bertz CT molecular complexity index is 555. The fraction of sp³-hybridized carbons (Fsp3) is 0.438. The van der Waals surface area contributed by atoms with Crippen molar-refractivity contribution >= 4 is 6.20 Å². The Morgan fingerprint density at radius 2 is 2.29 bits per heavy atom. The molecular formula is C16H22N4O. The number of likely N-dealkylation sites (tertiary alicyclic amines) is 1. The van der Waals surface area contributed by atoms with Gasteiger partial charge in [0.15, 0.2) is 0 Å².